The number of nitrogens with zero attached hydrogens (tertiary/aromatic N) is 2. The molecule has 0 radical (unpaired) electrons. The van der Waals surface area contributed by atoms with E-state index in [1.165, 1.54) is 5.52 Å². The number of nitrogens with one attached hydrogen (secondary N) is 1. The zero-order chi connectivity index (χ0) is 15.0. The van der Waals surface area contributed by atoms with Gasteiger partial charge in [0.25, 0.3) is 0 Å². The number of hydrogen-bond acceptors (Lipinski definition) is 2. The van der Waals surface area contributed by atoms with E-state index >= 15 is 0 Å². The van der Waals surface area contributed by atoms with Crippen molar-refractivity contribution >= 4 is 16.7 Å². The summed E-state index contributed by atoms with van der Waals surface area (Å²) in [6.45, 7) is 6.64. The van der Waals surface area contributed by atoms with E-state index in [2.05, 4.69) is 73.1 Å². The first-order valence-electron chi connectivity index (χ1n) is 7.27. The Kier molecular flexibility index (Phi) is 3.20. The van der Waals surface area contributed by atoms with Gasteiger partial charge in [-0.05, 0) is 57.2 Å². The topological polar surface area (TPSA) is 29.9 Å². The number of para-hydroxylation sites is 2. The minimum absolute atomic E-state index is 0.0207. The normalized spacial score (nSPS) is 11.8. The Balaban J connectivity index is 2.25. The van der Waals surface area contributed by atoms with Crippen molar-refractivity contribution in [2.75, 3.05) is 12.4 Å². The van der Waals surface area contributed by atoms with Gasteiger partial charge in [-0.2, -0.15) is 0 Å². The van der Waals surface area contributed by atoms with Crippen LogP contribution in [0.1, 0.15) is 20.8 Å². The summed E-state index contributed by atoms with van der Waals surface area (Å²) in [6.07, 6.45) is 0. The van der Waals surface area contributed by atoms with Crippen LogP contribution in [0.4, 0.5) is 5.69 Å². The van der Waals surface area contributed by atoms with Crippen molar-refractivity contribution in [2.45, 2.75) is 26.3 Å². The maximum atomic E-state index is 4.85. The molecule has 21 heavy (non-hydrogen) atoms. The summed E-state index contributed by atoms with van der Waals surface area (Å²) in [7, 11) is 1.93. The zero-order valence-corrected chi connectivity index (χ0v) is 13.0. The fraction of sp³-hybridized carbons (Fsp3) is 0.278. The quantitative estimate of drug-likeness (QED) is 0.748. The standard InChI is InChI=1S/C18H21N3/c1-18(2,3)21-16-8-6-5-7-15(16)20-17(21)13-9-11-14(19-4)12-10-13/h5-12,19H,1-4H3. The summed E-state index contributed by atoms with van der Waals surface area (Å²) >= 11 is 0. The molecule has 0 saturated heterocycles. The molecule has 3 aromatic rings. The lowest BCUT2D eigenvalue weighted by Gasteiger charge is -2.24. The van der Waals surface area contributed by atoms with Gasteiger partial charge in [0, 0.05) is 23.8 Å². The highest BCUT2D eigenvalue weighted by molar-refractivity contribution is 5.81. The zero-order valence-electron chi connectivity index (χ0n) is 13.0. The highest BCUT2D eigenvalue weighted by Crippen LogP contribution is 2.31. The van der Waals surface area contributed by atoms with E-state index < -0.39 is 0 Å². The molecule has 0 saturated carbocycles. The molecule has 3 nitrogen and oxygen atoms in total. The molecule has 108 valence electrons. The first-order chi connectivity index (χ1) is 10.0. The van der Waals surface area contributed by atoms with Gasteiger partial charge in [-0.1, -0.05) is 12.1 Å². The molecule has 1 aromatic heterocycles. The predicted molar refractivity (Wildman–Crippen MR) is 89.7 cm³/mol. The second-order valence-corrected chi connectivity index (χ2v) is 6.26. The van der Waals surface area contributed by atoms with Crippen molar-refractivity contribution < 1.29 is 0 Å². The van der Waals surface area contributed by atoms with E-state index in [0.29, 0.717) is 0 Å². The van der Waals surface area contributed by atoms with Gasteiger partial charge in [0.15, 0.2) is 0 Å². The molecule has 0 aliphatic heterocycles. The Morgan fingerprint density at radius 3 is 2.24 bits per heavy atom. The molecule has 2 aromatic carbocycles. The van der Waals surface area contributed by atoms with Crippen LogP contribution in [0.5, 0.6) is 0 Å². The number of fused-ring (bicyclic) bond motifs is 1. The van der Waals surface area contributed by atoms with E-state index in [4.69, 9.17) is 4.98 Å². The largest absolute Gasteiger partial charge is 0.388 e. The maximum Gasteiger partial charge on any atom is 0.141 e. The Hall–Kier alpha value is -2.29. The number of benzene rings is 2. The molecule has 1 heterocycles. The van der Waals surface area contributed by atoms with Crippen LogP contribution in [0.25, 0.3) is 22.4 Å². The Morgan fingerprint density at radius 2 is 1.62 bits per heavy atom. The van der Waals surface area contributed by atoms with Gasteiger partial charge in [-0.15, -0.1) is 0 Å². The summed E-state index contributed by atoms with van der Waals surface area (Å²) in [5.41, 5.74) is 4.45. The van der Waals surface area contributed by atoms with E-state index in [9.17, 15) is 0 Å². The third-order valence-electron chi connectivity index (χ3n) is 3.66. The van der Waals surface area contributed by atoms with Crippen LogP contribution in [0, 0.1) is 0 Å². The van der Waals surface area contributed by atoms with Gasteiger partial charge in [0.1, 0.15) is 5.82 Å². The molecule has 0 aliphatic carbocycles. The molecule has 3 rings (SSSR count). The Labute approximate surface area is 125 Å². The summed E-state index contributed by atoms with van der Waals surface area (Å²) in [4.78, 5) is 4.85. The molecular weight excluding hydrogens is 258 g/mol. The minimum atomic E-state index is -0.0207. The van der Waals surface area contributed by atoms with E-state index in [0.717, 1.165) is 22.6 Å². The molecule has 0 bridgehead atoms. The monoisotopic (exact) mass is 279 g/mol. The molecule has 0 atom stereocenters. The second kappa shape index (κ2) is 4.92. The fourth-order valence-corrected chi connectivity index (χ4v) is 2.68. The molecular formula is C18H21N3. The molecule has 0 fully saturated rings. The molecule has 3 heteroatoms. The van der Waals surface area contributed by atoms with Crippen LogP contribution in [0.15, 0.2) is 48.5 Å². The Bertz CT molecular complexity index is 761. The van der Waals surface area contributed by atoms with Crippen molar-refractivity contribution in [3.63, 3.8) is 0 Å². The summed E-state index contributed by atoms with van der Waals surface area (Å²) in [6, 6.07) is 16.7. The van der Waals surface area contributed by atoms with Crippen molar-refractivity contribution in [1.29, 1.82) is 0 Å². The third kappa shape index (κ3) is 2.40. The molecule has 1 N–H and O–H groups in total. The first kappa shape index (κ1) is 13.7. The number of rotatable bonds is 2. The molecule has 0 aliphatic rings. The SMILES string of the molecule is CNc1ccc(-c2nc3ccccc3n2C(C)(C)C)cc1. The van der Waals surface area contributed by atoms with Crippen LogP contribution in [-0.2, 0) is 5.54 Å². The Morgan fingerprint density at radius 1 is 0.952 bits per heavy atom. The van der Waals surface area contributed by atoms with Gasteiger partial charge in [-0.25, -0.2) is 4.98 Å². The predicted octanol–water partition coefficient (Wildman–Crippen LogP) is 4.50. The smallest absolute Gasteiger partial charge is 0.141 e. The van der Waals surface area contributed by atoms with Crippen LogP contribution in [-0.4, -0.2) is 16.6 Å². The fourth-order valence-electron chi connectivity index (χ4n) is 2.68. The second-order valence-electron chi connectivity index (χ2n) is 6.26. The summed E-state index contributed by atoms with van der Waals surface area (Å²) in [5.74, 6) is 1.02. The highest BCUT2D eigenvalue weighted by atomic mass is 15.1. The van der Waals surface area contributed by atoms with Crippen molar-refractivity contribution in [1.82, 2.24) is 9.55 Å². The average Bonchev–Trinajstić information content (AvgIpc) is 2.86. The molecule has 0 amide bonds. The lowest BCUT2D eigenvalue weighted by Crippen LogP contribution is -2.22. The van der Waals surface area contributed by atoms with Gasteiger partial charge in [0.2, 0.25) is 0 Å². The van der Waals surface area contributed by atoms with Crippen LogP contribution in [0.2, 0.25) is 0 Å². The summed E-state index contributed by atoms with van der Waals surface area (Å²) < 4.78 is 2.32. The van der Waals surface area contributed by atoms with Crippen molar-refractivity contribution in [3.8, 4) is 11.4 Å². The van der Waals surface area contributed by atoms with Crippen LogP contribution < -0.4 is 5.32 Å². The van der Waals surface area contributed by atoms with E-state index in [1.807, 2.05) is 13.1 Å². The third-order valence-corrected chi connectivity index (χ3v) is 3.66. The van der Waals surface area contributed by atoms with Gasteiger partial charge in [-0.3, -0.25) is 0 Å². The number of imidazole rings is 1. The lowest BCUT2D eigenvalue weighted by molar-refractivity contribution is 0.413. The molecule has 0 spiro atoms. The van der Waals surface area contributed by atoms with Crippen LogP contribution in [0.3, 0.4) is 0 Å². The van der Waals surface area contributed by atoms with E-state index in [1.54, 1.807) is 0 Å². The van der Waals surface area contributed by atoms with E-state index in [-0.39, 0.29) is 5.54 Å². The number of aromatic nitrogens is 2. The van der Waals surface area contributed by atoms with Gasteiger partial charge in [0.05, 0.1) is 11.0 Å². The highest BCUT2D eigenvalue weighted by Gasteiger charge is 2.21. The number of hydrogen-bond donors (Lipinski definition) is 1. The van der Waals surface area contributed by atoms with Crippen LogP contribution >= 0.6 is 0 Å². The van der Waals surface area contributed by atoms with Crippen molar-refractivity contribution in [2.24, 2.45) is 0 Å². The average molecular weight is 279 g/mol. The first-order valence-corrected chi connectivity index (χ1v) is 7.27. The van der Waals surface area contributed by atoms with Crippen molar-refractivity contribution in [3.05, 3.63) is 48.5 Å². The maximum absolute atomic E-state index is 4.85. The van der Waals surface area contributed by atoms with Gasteiger partial charge >= 0.3 is 0 Å². The lowest BCUT2D eigenvalue weighted by atomic mass is 10.1. The summed E-state index contributed by atoms with van der Waals surface area (Å²) in [5, 5.41) is 3.15. The van der Waals surface area contributed by atoms with Gasteiger partial charge < -0.3 is 9.88 Å². The molecule has 0 unspecified atom stereocenters. The minimum Gasteiger partial charge on any atom is -0.388 e. The number of anilines is 1.